The van der Waals surface area contributed by atoms with E-state index < -0.39 is 0 Å². The van der Waals surface area contributed by atoms with Crippen LogP contribution in [-0.4, -0.2) is 7.11 Å². The van der Waals surface area contributed by atoms with Gasteiger partial charge in [-0.3, -0.25) is 0 Å². The van der Waals surface area contributed by atoms with E-state index in [1.54, 1.807) is 7.11 Å². The molecule has 2 nitrogen and oxygen atoms in total. The molecule has 0 atom stereocenters. The van der Waals surface area contributed by atoms with Gasteiger partial charge in [-0.2, -0.15) is 5.26 Å². The number of nitriles is 1. The molecule has 0 unspecified atom stereocenters. The molecule has 3 aromatic carbocycles. The maximum absolute atomic E-state index is 8.90. The van der Waals surface area contributed by atoms with E-state index in [0.717, 1.165) is 22.3 Å². The second kappa shape index (κ2) is 5.07. The Labute approximate surface area is 117 Å². The summed E-state index contributed by atoms with van der Waals surface area (Å²) >= 11 is 0. The molecule has 3 rings (SSSR count). The largest absolute Gasteiger partial charge is 0.496 e. The molecule has 96 valence electrons. The lowest BCUT2D eigenvalue weighted by molar-refractivity contribution is 0.417. The molecule has 0 aromatic heterocycles. The maximum atomic E-state index is 8.90. The lowest BCUT2D eigenvalue weighted by Crippen LogP contribution is -1.90. The molecule has 0 fully saturated rings. The summed E-state index contributed by atoms with van der Waals surface area (Å²) in [5.41, 5.74) is 2.78. The Hall–Kier alpha value is -2.79. The molecule has 0 amide bonds. The summed E-state index contributed by atoms with van der Waals surface area (Å²) in [6.45, 7) is 0. The van der Waals surface area contributed by atoms with Crippen molar-refractivity contribution in [2.45, 2.75) is 0 Å². The van der Waals surface area contributed by atoms with Gasteiger partial charge in [-0.25, -0.2) is 0 Å². The van der Waals surface area contributed by atoms with E-state index in [-0.39, 0.29) is 0 Å². The average Bonchev–Trinajstić information content (AvgIpc) is 2.54. The van der Waals surface area contributed by atoms with Gasteiger partial charge in [0.05, 0.1) is 18.7 Å². The first kappa shape index (κ1) is 12.3. The van der Waals surface area contributed by atoms with E-state index in [4.69, 9.17) is 10.00 Å². The fourth-order valence-corrected chi connectivity index (χ4v) is 2.43. The third-order valence-corrected chi connectivity index (χ3v) is 3.41. The monoisotopic (exact) mass is 259 g/mol. The quantitative estimate of drug-likeness (QED) is 0.684. The summed E-state index contributed by atoms with van der Waals surface area (Å²) < 4.78 is 5.50. The Bertz CT molecular complexity index is 798. The van der Waals surface area contributed by atoms with Crippen LogP contribution in [0.2, 0.25) is 0 Å². The molecule has 0 aliphatic rings. The van der Waals surface area contributed by atoms with Crippen LogP contribution in [0.25, 0.3) is 21.9 Å². The molecular formula is C18H13NO. The summed E-state index contributed by atoms with van der Waals surface area (Å²) in [5, 5.41) is 11.2. The van der Waals surface area contributed by atoms with Crippen molar-refractivity contribution in [3.05, 3.63) is 66.2 Å². The third kappa shape index (κ3) is 2.00. The van der Waals surface area contributed by atoms with Crippen LogP contribution >= 0.6 is 0 Å². The summed E-state index contributed by atoms with van der Waals surface area (Å²) in [6, 6.07) is 22.0. The zero-order valence-corrected chi connectivity index (χ0v) is 11.1. The van der Waals surface area contributed by atoms with Gasteiger partial charge in [0.25, 0.3) is 0 Å². The van der Waals surface area contributed by atoms with Gasteiger partial charge in [0.15, 0.2) is 0 Å². The summed E-state index contributed by atoms with van der Waals surface area (Å²) in [6.07, 6.45) is 0. The predicted molar refractivity (Wildman–Crippen MR) is 80.7 cm³/mol. The Morgan fingerprint density at radius 2 is 1.65 bits per heavy atom. The number of ether oxygens (including phenoxy) is 1. The molecule has 0 heterocycles. The SMILES string of the molecule is COc1ccc2ccccc2c1-c1ccc(C#N)cc1. The number of rotatable bonds is 2. The Morgan fingerprint density at radius 1 is 0.900 bits per heavy atom. The highest BCUT2D eigenvalue weighted by Gasteiger charge is 2.10. The molecule has 0 saturated heterocycles. The maximum Gasteiger partial charge on any atom is 0.127 e. The first-order chi connectivity index (χ1) is 9.83. The molecule has 20 heavy (non-hydrogen) atoms. The normalized spacial score (nSPS) is 10.2. The molecule has 2 heteroatoms. The van der Waals surface area contributed by atoms with Crippen LogP contribution in [0.1, 0.15) is 5.56 Å². The van der Waals surface area contributed by atoms with Crippen molar-refractivity contribution in [2.24, 2.45) is 0 Å². The molecule has 0 radical (unpaired) electrons. The molecule has 0 spiro atoms. The van der Waals surface area contributed by atoms with Crippen molar-refractivity contribution in [3.8, 4) is 22.9 Å². The van der Waals surface area contributed by atoms with Gasteiger partial charge in [0, 0.05) is 5.56 Å². The standard InChI is InChI=1S/C18H13NO/c1-20-17-11-10-14-4-2-3-5-16(14)18(17)15-8-6-13(12-19)7-9-15/h2-11H,1H3. The van der Waals surface area contributed by atoms with Gasteiger partial charge in [0.2, 0.25) is 0 Å². The molecule has 0 saturated carbocycles. The number of hydrogen-bond acceptors (Lipinski definition) is 2. The smallest absolute Gasteiger partial charge is 0.127 e. The Balaban J connectivity index is 2.29. The van der Waals surface area contributed by atoms with Gasteiger partial charge < -0.3 is 4.74 Å². The molecule has 3 aromatic rings. The highest BCUT2D eigenvalue weighted by molar-refractivity contribution is 5.99. The van der Waals surface area contributed by atoms with Gasteiger partial charge in [0.1, 0.15) is 5.75 Å². The highest BCUT2D eigenvalue weighted by Crippen LogP contribution is 2.36. The second-order valence-electron chi connectivity index (χ2n) is 4.55. The molecular weight excluding hydrogens is 246 g/mol. The summed E-state index contributed by atoms with van der Waals surface area (Å²) in [7, 11) is 1.68. The number of nitrogens with zero attached hydrogens (tertiary/aromatic N) is 1. The second-order valence-corrected chi connectivity index (χ2v) is 4.55. The van der Waals surface area contributed by atoms with E-state index >= 15 is 0 Å². The van der Waals surface area contributed by atoms with E-state index in [1.807, 2.05) is 42.5 Å². The van der Waals surface area contributed by atoms with E-state index in [9.17, 15) is 0 Å². The molecule has 0 bridgehead atoms. The zero-order valence-electron chi connectivity index (χ0n) is 11.1. The minimum Gasteiger partial charge on any atom is -0.496 e. The Kier molecular flexibility index (Phi) is 3.10. The van der Waals surface area contributed by atoms with Crippen molar-refractivity contribution in [3.63, 3.8) is 0 Å². The van der Waals surface area contributed by atoms with Crippen molar-refractivity contribution in [1.82, 2.24) is 0 Å². The lowest BCUT2D eigenvalue weighted by Gasteiger charge is -2.12. The zero-order chi connectivity index (χ0) is 13.9. The van der Waals surface area contributed by atoms with Gasteiger partial charge in [-0.05, 0) is 34.5 Å². The molecule has 0 aliphatic carbocycles. The van der Waals surface area contributed by atoms with Crippen LogP contribution in [0.15, 0.2) is 60.7 Å². The average molecular weight is 259 g/mol. The lowest BCUT2D eigenvalue weighted by atomic mass is 9.96. The van der Waals surface area contributed by atoms with Crippen LogP contribution in [0.4, 0.5) is 0 Å². The van der Waals surface area contributed by atoms with Crippen LogP contribution in [0.3, 0.4) is 0 Å². The van der Waals surface area contributed by atoms with Crippen LogP contribution in [0, 0.1) is 11.3 Å². The van der Waals surface area contributed by atoms with Gasteiger partial charge in [-0.15, -0.1) is 0 Å². The Morgan fingerprint density at radius 3 is 2.35 bits per heavy atom. The van der Waals surface area contributed by atoms with Gasteiger partial charge in [-0.1, -0.05) is 42.5 Å². The van der Waals surface area contributed by atoms with Crippen molar-refractivity contribution in [1.29, 1.82) is 5.26 Å². The van der Waals surface area contributed by atoms with Crippen LogP contribution in [0.5, 0.6) is 5.75 Å². The van der Waals surface area contributed by atoms with Gasteiger partial charge >= 0.3 is 0 Å². The third-order valence-electron chi connectivity index (χ3n) is 3.41. The van der Waals surface area contributed by atoms with E-state index in [0.29, 0.717) is 5.56 Å². The van der Waals surface area contributed by atoms with Crippen LogP contribution in [-0.2, 0) is 0 Å². The number of hydrogen-bond donors (Lipinski definition) is 0. The number of fused-ring (bicyclic) bond motifs is 1. The van der Waals surface area contributed by atoms with E-state index in [1.165, 1.54) is 5.39 Å². The summed E-state index contributed by atoms with van der Waals surface area (Å²) in [5.74, 6) is 0.841. The topological polar surface area (TPSA) is 33.0 Å². The van der Waals surface area contributed by atoms with Crippen molar-refractivity contribution in [2.75, 3.05) is 7.11 Å². The van der Waals surface area contributed by atoms with Crippen LogP contribution < -0.4 is 4.74 Å². The summed E-state index contributed by atoms with van der Waals surface area (Å²) in [4.78, 5) is 0. The minimum atomic E-state index is 0.660. The van der Waals surface area contributed by atoms with E-state index in [2.05, 4.69) is 24.3 Å². The molecule has 0 aliphatic heterocycles. The fourth-order valence-electron chi connectivity index (χ4n) is 2.43. The van der Waals surface area contributed by atoms with Crippen molar-refractivity contribution < 1.29 is 4.74 Å². The number of benzene rings is 3. The van der Waals surface area contributed by atoms with Crippen molar-refractivity contribution >= 4 is 10.8 Å². The first-order valence-electron chi connectivity index (χ1n) is 6.40. The highest BCUT2D eigenvalue weighted by atomic mass is 16.5. The first-order valence-corrected chi connectivity index (χ1v) is 6.40. The fraction of sp³-hybridized carbons (Fsp3) is 0.0556. The predicted octanol–water partition coefficient (Wildman–Crippen LogP) is 4.39. The minimum absolute atomic E-state index is 0.660. The number of methoxy groups -OCH3 is 1. The molecule has 0 N–H and O–H groups in total.